The number of hydrogen-bond acceptors (Lipinski definition) is 6. The minimum absolute atomic E-state index is 0.231. The summed E-state index contributed by atoms with van der Waals surface area (Å²) >= 11 is 5.69. The van der Waals surface area contributed by atoms with Crippen LogP contribution in [0, 0.1) is 13.0 Å². The number of aromatic nitrogens is 1. The zero-order chi connectivity index (χ0) is 28.4. The van der Waals surface area contributed by atoms with Gasteiger partial charge in [0.05, 0.1) is 36.1 Å². The van der Waals surface area contributed by atoms with Gasteiger partial charge in [-0.05, 0) is 98.6 Å². The smallest absolute Gasteiger partial charge is 0.338 e. The molecule has 1 aliphatic rings. The van der Waals surface area contributed by atoms with Crippen LogP contribution in [0.1, 0.15) is 36.1 Å². The van der Waals surface area contributed by atoms with Crippen molar-refractivity contribution < 1.29 is 18.7 Å². The largest absolute Gasteiger partial charge is 0.487 e. The maximum Gasteiger partial charge on any atom is 0.338 e. The Morgan fingerprint density at radius 2 is 1.82 bits per heavy atom. The van der Waals surface area contributed by atoms with E-state index in [0.29, 0.717) is 32.8 Å². The lowest BCUT2D eigenvalue weighted by Gasteiger charge is -2.25. The molecule has 1 aromatic heterocycles. The lowest BCUT2D eigenvalue weighted by Crippen LogP contribution is -2.40. The Bertz CT molecular complexity index is 1790. The molecule has 0 N–H and O–H groups in total. The summed E-state index contributed by atoms with van der Waals surface area (Å²) in [5.74, 6) is -0.105. The minimum atomic E-state index is -0.638. The normalized spacial score (nSPS) is 15.0. The van der Waals surface area contributed by atoms with Crippen molar-refractivity contribution in [2.45, 2.75) is 26.0 Å². The summed E-state index contributed by atoms with van der Waals surface area (Å²) < 4.78 is 28.5. The second kappa shape index (κ2) is 12.4. The molecule has 10 heteroatoms. The van der Waals surface area contributed by atoms with Crippen LogP contribution in [0.4, 0.5) is 4.39 Å². The average Bonchev–Trinajstić information content (AvgIpc) is 3.25. The van der Waals surface area contributed by atoms with E-state index >= 15 is 0 Å². The summed E-state index contributed by atoms with van der Waals surface area (Å²) in [5.41, 5.74) is 3.13. The van der Waals surface area contributed by atoms with Gasteiger partial charge in [-0.25, -0.2) is 14.2 Å². The Balaban J connectivity index is 1.57. The molecule has 0 saturated heterocycles. The average molecular weight is 780 g/mol. The molecular formula is C30H23FI2N2O4S. The molecule has 0 saturated carbocycles. The molecule has 0 aliphatic carbocycles. The maximum atomic E-state index is 13.8. The lowest BCUT2D eigenvalue weighted by atomic mass is 9.95. The summed E-state index contributed by atoms with van der Waals surface area (Å²) in [6.45, 7) is 2.17. The number of halogens is 3. The van der Waals surface area contributed by atoms with Crippen molar-refractivity contribution >= 4 is 68.6 Å². The number of esters is 1. The van der Waals surface area contributed by atoms with Gasteiger partial charge in [-0.1, -0.05) is 60.7 Å². The highest BCUT2D eigenvalue weighted by Crippen LogP contribution is 2.32. The monoisotopic (exact) mass is 780 g/mol. The molecule has 0 spiro atoms. The minimum Gasteiger partial charge on any atom is -0.487 e. The fourth-order valence-electron chi connectivity index (χ4n) is 4.55. The van der Waals surface area contributed by atoms with Gasteiger partial charge in [-0.3, -0.25) is 9.36 Å². The third kappa shape index (κ3) is 5.79. The van der Waals surface area contributed by atoms with E-state index in [1.807, 2.05) is 61.5 Å². The number of nitrogens with zero attached hydrogens (tertiary/aromatic N) is 2. The van der Waals surface area contributed by atoms with Crippen molar-refractivity contribution in [1.82, 2.24) is 4.57 Å². The van der Waals surface area contributed by atoms with Gasteiger partial charge in [-0.2, -0.15) is 0 Å². The third-order valence-electron chi connectivity index (χ3n) is 6.36. The molecule has 1 atom stereocenters. The number of benzene rings is 3. The van der Waals surface area contributed by atoms with Gasteiger partial charge in [0.1, 0.15) is 18.2 Å². The van der Waals surface area contributed by atoms with Crippen LogP contribution in [0.2, 0.25) is 0 Å². The molecule has 204 valence electrons. The molecule has 40 heavy (non-hydrogen) atoms. The number of ether oxygens (including phenoxy) is 2. The third-order valence-corrected chi connectivity index (χ3v) is 8.94. The van der Waals surface area contributed by atoms with Crippen LogP contribution < -0.4 is 19.6 Å². The molecule has 0 radical (unpaired) electrons. The molecule has 0 fully saturated rings. The molecule has 2 heterocycles. The standard InChI is InChI=1S/C30H23FI2N2O4S/c1-3-23-25(29(37)38-2)26(19-9-5-4-6-10-19)35-28(36)24(40-30(35)34-23)15-18-13-21(32)27(22(33)14-18)39-16-17-8-7-11-20(31)12-17/h4-15,26H,3,16H2,1-2H3/b24-15-/t26-/m1/s1. The predicted octanol–water partition coefficient (Wildman–Crippen LogP) is 5.73. The number of fused-ring (bicyclic) bond motifs is 1. The van der Waals surface area contributed by atoms with Crippen molar-refractivity contribution in [2.75, 3.05) is 7.11 Å². The second-order valence-corrected chi connectivity index (χ2v) is 12.3. The quantitative estimate of drug-likeness (QED) is 0.178. The summed E-state index contributed by atoms with van der Waals surface area (Å²) in [7, 11) is 1.34. The molecular weight excluding hydrogens is 757 g/mol. The highest BCUT2D eigenvalue weighted by Gasteiger charge is 2.33. The number of carbonyl (C=O) groups excluding carboxylic acids is 1. The van der Waals surface area contributed by atoms with E-state index in [1.54, 1.807) is 10.6 Å². The van der Waals surface area contributed by atoms with E-state index in [0.717, 1.165) is 23.8 Å². The van der Waals surface area contributed by atoms with E-state index in [1.165, 1.54) is 30.6 Å². The van der Waals surface area contributed by atoms with Crippen LogP contribution in [0.25, 0.3) is 6.08 Å². The molecule has 3 aromatic carbocycles. The highest BCUT2D eigenvalue weighted by molar-refractivity contribution is 14.1. The number of hydrogen-bond donors (Lipinski definition) is 0. The first-order valence-corrected chi connectivity index (χ1v) is 15.3. The first-order valence-electron chi connectivity index (χ1n) is 12.3. The maximum absolute atomic E-state index is 13.8. The van der Waals surface area contributed by atoms with Crippen LogP contribution >= 0.6 is 56.5 Å². The van der Waals surface area contributed by atoms with Crippen LogP contribution in [-0.2, 0) is 16.1 Å². The van der Waals surface area contributed by atoms with Crippen molar-refractivity contribution in [3.05, 3.63) is 127 Å². The van der Waals surface area contributed by atoms with Gasteiger partial charge in [0, 0.05) is 0 Å². The zero-order valence-electron chi connectivity index (χ0n) is 21.5. The summed E-state index contributed by atoms with van der Waals surface area (Å²) in [5, 5.41) is 0. The van der Waals surface area contributed by atoms with Crippen molar-refractivity contribution in [3.63, 3.8) is 0 Å². The molecule has 5 rings (SSSR count). The summed E-state index contributed by atoms with van der Waals surface area (Å²) in [4.78, 5) is 32.0. The van der Waals surface area contributed by atoms with Crippen molar-refractivity contribution in [1.29, 1.82) is 0 Å². The molecule has 0 bridgehead atoms. The SMILES string of the molecule is CCC1=C(C(=O)OC)[C@@H](c2ccccc2)n2c(s/c(=C\c3cc(I)c(OCc4cccc(F)c4)c(I)c3)c2=O)=N1. The van der Waals surface area contributed by atoms with Crippen LogP contribution in [0.5, 0.6) is 5.75 Å². The first-order chi connectivity index (χ1) is 19.3. The van der Waals surface area contributed by atoms with Crippen LogP contribution in [0.3, 0.4) is 0 Å². The molecule has 4 aromatic rings. The molecule has 1 aliphatic heterocycles. The van der Waals surface area contributed by atoms with Crippen molar-refractivity contribution in [2.24, 2.45) is 4.99 Å². The van der Waals surface area contributed by atoms with Gasteiger partial charge in [0.15, 0.2) is 4.80 Å². The van der Waals surface area contributed by atoms with E-state index < -0.39 is 12.0 Å². The van der Waals surface area contributed by atoms with E-state index in [-0.39, 0.29) is 18.0 Å². The fourth-order valence-corrected chi connectivity index (χ4v) is 7.70. The molecule has 0 amide bonds. The Morgan fingerprint density at radius 1 is 1.10 bits per heavy atom. The van der Waals surface area contributed by atoms with Gasteiger partial charge in [0.25, 0.3) is 5.56 Å². The first kappa shape index (κ1) is 28.7. The van der Waals surface area contributed by atoms with E-state index in [4.69, 9.17) is 14.5 Å². The number of methoxy groups -OCH3 is 1. The van der Waals surface area contributed by atoms with Gasteiger partial charge in [0.2, 0.25) is 0 Å². The Labute approximate surface area is 261 Å². The number of carbonyl (C=O) groups is 1. The Morgan fingerprint density at radius 3 is 2.48 bits per heavy atom. The fraction of sp³-hybridized carbons (Fsp3) is 0.167. The number of allylic oxidation sites excluding steroid dienone is 1. The van der Waals surface area contributed by atoms with E-state index in [2.05, 4.69) is 45.2 Å². The van der Waals surface area contributed by atoms with Crippen molar-refractivity contribution in [3.8, 4) is 5.75 Å². The lowest BCUT2D eigenvalue weighted by molar-refractivity contribution is -0.136. The van der Waals surface area contributed by atoms with E-state index in [9.17, 15) is 14.0 Å². The second-order valence-electron chi connectivity index (χ2n) is 8.93. The summed E-state index contributed by atoms with van der Waals surface area (Å²) in [6.07, 6.45) is 2.35. The Hall–Kier alpha value is -2.84. The van der Waals surface area contributed by atoms with Gasteiger partial charge in [-0.15, -0.1) is 0 Å². The Kier molecular flexibility index (Phi) is 8.86. The van der Waals surface area contributed by atoms with Crippen LogP contribution in [-0.4, -0.2) is 17.6 Å². The zero-order valence-corrected chi connectivity index (χ0v) is 26.6. The number of rotatable bonds is 7. The number of thiazole rings is 1. The highest BCUT2D eigenvalue weighted by atomic mass is 127. The topological polar surface area (TPSA) is 69.9 Å². The van der Waals surface area contributed by atoms with Gasteiger partial charge < -0.3 is 9.47 Å². The molecule has 0 unspecified atom stereocenters. The van der Waals surface area contributed by atoms with Crippen LogP contribution in [0.15, 0.2) is 87.8 Å². The van der Waals surface area contributed by atoms with Gasteiger partial charge >= 0.3 is 5.97 Å². The summed E-state index contributed by atoms with van der Waals surface area (Å²) in [6, 6.07) is 19.0. The molecule has 6 nitrogen and oxygen atoms in total. The predicted molar refractivity (Wildman–Crippen MR) is 169 cm³/mol.